The zero-order chi connectivity index (χ0) is 13.1. The lowest BCUT2D eigenvalue weighted by Crippen LogP contribution is -2.39. The number of hydrogen-bond acceptors (Lipinski definition) is 4. The highest BCUT2D eigenvalue weighted by molar-refractivity contribution is 6.30. The molecule has 0 heterocycles. The Hall–Kier alpha value is -1.55. The molecule has 1 aromatic carbocycles. The standard InChI is InChI=1S/C12H13ClO4/c1-12(2,11(15)16-3)17-10-5-4-9(13)6-8(10)7-14/h4-7H,1-3H3. The number of carbonyl (C=O) groups excluding carboxylic acids is 2. The molecule has 0 fully saturated rings. The van der Waals surface area contributed by atoms with Gasteiger partial charge in [-0.05, 0) is 32.0 Å². The first-order valence-electron chi connectivity index (χ1n) is 4.93. The molecule has 0 aliphatic heterocycles. The predicted octanol–water partition coefficient (Wildman–Crippen LogP) is 2.48. The first-order chi connectivity index (χ1) is 7.90. The summed E-state index contributed by atoms with van der Waals surface area (Å²) in [5.41, 5.74) is -0.880. The van der Waals surface area contributed by atoms with Crippen LogP contribution in [0.3, 0.4) is 0 Å². The fourth-order valence-electron chi connectivity index (χ4n) is 1.27. The van der Waals surface area contributed by atoms with Crippen LogP contribution in [0.25, 0.3) is 0 Å². The molecular weight excluding hydrogens is 244 g/mol. The van der Waals surface area contributed by atoms with Gasteiger partial charge in [0.05, 0.1) is 12.7 Å². The molecule has 0 saturated carbocycles. The smallest absolute Gasteiger partial charge is 0.349 e. The quantitative estimate of drug-likeness (QED) is 0.613. The summed E-state index contributed by atoms with van der Waals surface area (Å²) in [6.45, 7) is 3.12. The average Bonchev–Trinajstić information content (AvgIpc) is 2.30. The molecule has 5 heteroatoms. The highest BCUT2D eigenvalue weighted by atomic mass is 35.5. The molecule has 0 aromatic heterocycles. The van der Waals surface area contributed by atoms with Gasteiger partial charge in [-0.2, -0.15) is 0 Å². The van der Waals surface area contributed by atoms with Gasteiger partial charge in [-0.1, -0.05) is 11.6 Å². The summed E-state index contributed by atoms with van der Waals surface area (Å²) in [5.74, 6) is -0.232. The van der Waals surface area contributed by atoms with Crippen LogP contribution in [0.15, 0.2) is 18.2 Å². The van der Waals surface area contributed by atoms with Gasteiger partial charge >= 0.3 is 5.97 Å². The third-order valence-electron chi connectivity index (χ3n) is 2.14. The van der Waals surface area contributed by atoms with Gasteiger partial charge in [-0.3, -0.25) is 4.79 Å². The second-order valence-electron chi connectivity index (χ2n) is 3.90. The Balaban J connectivity index is 3.02. The van der Waals surface area contributed by atoms with E-state index in [-0.39, 0.29) is 5.56 Å². The van der Waals surface area contributed by atoms with E-state index < -0.39 is 11.6 Å². The van der Waals surface area contributed by atoms with E-state index in [2.05, 4.69) is 4.74 Å². The maximum Gasteiger partial charge on any atom is 0.349 e. The average molecular weight is 257 g/mol. The molecule has 0 radical (unpaired) electrons. The number of aldehydes is 1. The Morgan fingerprint density at radius 2 is 2.06 bits per heavy atom. The van der Waals surface area contributed by atoms with E-state index in [0.717, 1.165) is 0 Å². The van der Waals surface area contributed by atoms with E-state index in [1.165, 1.54) is 19.2 Å². The number of rotatable bonds is 4. The first kappa shape index (κ1) is 13.5. The monoisotopic (exact) mass is 256 g/mol. The number of hydrogen-bond donors (Lipinski definition) is 0. The van der Waals surface area contributed by atoms with Crippen molar-refractivity contribution in [2.45, 2.75) is 19.4 Å². The maximum atomic E-state index is 11.4. The number of halogens is 1. The van der Waals surface area contributed by atoms with Crippen molar-refractivity contribution in [1.82, 2.24) is 0 Å². The van der Waals surface area contributed by atoms with Crippen molar-refractivity contribution in [2.24, 2.45) is 0 Å². The van der Waals surface area contributed by atoms with E-state index >= 15 is 0 Å². The van der Waals surface area contributed by atoms with Crippen molar-refractivity contribution in [1.29, 1.82) is 0 Å². The normalized spacial score (nSPS) is 10.8. The van der Waals surface area contributed by atoms with Gasteiger partial charge < -0.3 is 9.47 Å². The lowest BCUT2D eigenvalue weighted by Gasteiger charge is -2.24. The van der Waals surface area contributed by atoms with Crippen LogP contribution in [-0.2, 0) is 9.53 Å². The minimum absolute atomic E-state index is 0.287. The molecule has 0 spiro atoms. The van der Waals surface area contributed by atoms with Crippen LogP contribution in [0.4, 0.5) is 0 Å². The lowest BCUT2D eigenvalue weighted by molar-refractivity contribution is -0.156. The number of ether oxygens (including phenoxy) is 2. The summed E-state index contributed by atoms with van der Waals surface area (Å²) >= 11 is 5.75. The Bertz CT molecular complexity index is 440. The van der Waals surface area contributed by atoms with E-state index in [4.69, 9.17) is 16.3 Å². The SMILES string of the molecule is COC(=O)C(C)(C)Oc1ccc(Cl)cc1C=O. The van der Waals surface area contributed by atoms with Crippen LogP contribution in [0, 0.1) is 0 Å². The van der Waals surface area contributed by atoms with Gasteiger partial charge in [-0.25, -0.2) is 4.79 Å². The van der Waals surface area contributed by atoms with E-state index in [1.807, 2.05) is 0 Å². The van der Waals surface area contributed by atoms with Gasteiger partial charge in [0.15, 0.2) is 11.9 Å². The van der Waals surface area contributed by atoms with Gasteiger partial charge in [-0.15, -0.1) is 0 Å². The van der Waals surface area contributed by atoms with Gasteiger partial charge in [0.2, 0.25) is 0 Å². The molecule has 4 nitrogen and oxygen atoms in total. The third-order valence-corrected chi connectivity index (χ3v) is 2.38. The zero-order valence-electron chi connectivity index (χ0n) is 9.82. The zero-order valence-corrected chi connectivity index (χ0v) is 10.6. The maximum absolute atomic E-state index is 11.4. The van der Waals surface area contributed by atoms with E-state index in [1.54, 1.807) is 19.9 Å². The predicted molar refractivity (Wildman–Crippen MR) is 63.6 cm³/mol. The summed E-state index contributed by atoms with van der Waals surface area (Å²) in [6, 6.07) is 4.59. The van der Waals surface area contributed by atoms with Crippen molar-refractivity contribution in [3.8, 4) is 5.75 Å². The number of methoxy groups -OCH3 is 1. The van der Waals surface area contributed by atoms with Crippen molar-refractivity contribution in [2.75, 3.05) is 7.11 Å². The van der Waals surface area contributed by atoms with E-state index in [9.17, 15) is 9.59 Å². The van der Waals surface area contributed by atoms with Crippen molar-refractivity contribution >= 4 is 23.9 Å². The van der Waals surface area contributed by atoms with Crippen molar-refractivity contribution in [3.05, 3.63) is 28.8 Å². The van der Waals surface area contributed by atoms with Crippen LogP contribution in [-0.4, -0.2) is 25.0 Å². The molecule has 1 rings (SSSR count). The molecule has 17 heavy (non-hydrogen) atoms. The third kappa shape index (κ3) is 3.20. The second kappa shape index (κ2) is 5.19. The first-order valence-corrected chi connectivity index (χ1v) is 5.30. The number of carbonyl (C=O) groups is 2. The summed E-state index contributed by atoms with van der Waals surface area (Å²) in [5, 5.41) is 0.426. The molecule has 0 aliphatic carbocycles. The summed E-state index contributed by atoms with van der Waals surface area (Å²) in [7, 11) is 1.27. The fourth-order valence-corrected chi connectivity index (χ4v) is 1.45. The molecule has 0 saturated heterocycles. The lowest BCUT2D eigenvalue weighted by atomic mass is 10.1. The van der Waals surface area contributed by atoms with Gasteiger partial charge in [0, 0.05) is 5.02 Å². The Kier molecular flexibility index (Phi) is 4.12. The highest BCUT2D eigenvalue weighted by Crippen LogP contribution is 2.25. The van der Waals surface area contributed by atoms with Crippen molar-refractivity contribution in [3.63, 3.8) is 0 Å². The largest absolute Gasteiger partial charge is 0.475 e. The Morgan fingerprint density at radius 1 is 1.41 bits per heavy atom. The van der Waals surface area contributed by atoms with Crippen LogP contribution < -0.4 is 4.74 Å². The van der Waals surface area contributed by atoms with E-state index in [0.29, 0.717) is 17.1 Å². The summed E-state index contributed by atoms with van der Waals surface area (Å²) in [4.78, 5) is 22.3. The van der Waals surface area contributed by atoms with Crippen LogP contribution in [0.5, 0.6) is 5.75 Å². The topological polar surface area (TPSA) is 52.6 Å². The Labute approximate surface area is 104 Å². The van der Waals surface area contributed by atoms with Gasteiger partial charge in [0.25, 0.3) is 0 Å². The Morgan fingerprint density at radius 3 is 2.59 bits per heavy atom. The fraction of sp³-hybridized carbons (Fsp3) is 0.333. The molecular formula is C12H13ClO4. The van der Waals surface area contributed by atoms with Crippen LogP contribution in [0.1, 0.15) is 24.2 Å². The minimum Gasteiger partial charge on any atom is -0.475 e. The highest BCUT2D eigenvalue weighted by Gasteiger charge is 2.31. The number of esters is 1. The molecule has 0 amide bonds. The second-order valence-corrected chi connectivity index (χ2v) is 4.34. The van der Waals surface area contributed by atoms with Gasteiger partial charge in [0.1, 0.15) is 5.75 Å². The molecule has 0 aliphatic rings. The molecule has 1 aromatic rings. The molecule has 0 N–H and O–H groups in total. The molecule has 0 unspecified atom stereocenters. The van der Waals surface area contributed by atoms with Crippen molar-refractivity contribution < 1.29 is 19.1 Å². The molecule has 0 atom stereocenters. The minimum atomic E-state index is -1.17. The number of benzene rings is 1. The summed E-state index contributed by atoms with van der Waals surface area (Å²) < 4.78 is 10.1. The van der Waals surface area contributed by atoms with Crippen LogP contribution >= 0.6 is 11.6 Å². The molecule has 92 valence electrons. The summed E-state index contributed by atoms with van der Waals surface area (Å²) in [6.07, 6.45) is 0.620. The molecule has 0 bridgehead atoms. The van der Waals surface area contributed by atoms with Crippen LogP contribution in [0.2, 0.25) is 5.02 Å².